The van der Waals surface area contributed by atoms with Crippen LogP contribution in [0.4, 0.5) is 0 Å². The number of piperidine rings is 1. The minimum Gasteiger partial charge on any atom is -0.366 e. The Labute approximate surface area is 120 Å². The Morgan fingerprint density at radius 2 is 2.30 bits per heavy atom. The first kappa shape index (κ1) is 15.3. The van der Waals surface area contributed by atoms with Crippen molar-refractivity contribution in [3.63, 3.8) is 0 Å². The largest absolute Gasteiger partial charge is 0.366 e. The molecule has 114 valence electrons. The first-order chi connectivity index (χ1) is 9.72. The van der Waals surface area contributed by atoms with Crippen LogP contribution in [0.2, 0.25) is 0 Å². The van der Waals surface area contributed by atoms with Crippen LogP contribution in [0.25, 0.3) is 0 Å². The molecule has 2 fully saturated rings. The fourth-order valence-corrected chi connectivity index (χ4v) is 2.71. The van der Waals surface area contributed by atoms with Crippen LogP contribution in [0.5, 0.6) is 0 Å². The maximum absolute atomic E-state index is 12.4. The molecule has 20 heavy (non-hydrogen) atoms. The fourth-order valence-electron chi connectivity index (χ4n) is 2.71. The predicted octanol–water partition coefficient (Wildman–Crippen LogP) is -0.260. The van der Waals surface area contributed by atoms with Gasteiger partial charge in [0.15, 0.2) is 0 Å². The zero-order valence-electron chi connectivity index (χ0n) is 12.2. The molecular formula is C14H25N3O3. The molecule has 0 aliphatic carbocycles. The van der Waals surface area contributed by atoms with Gasteiger partial charge in [-0.05, 0) is 19.3 Å². The zero-order chi connectivity index (χ0) is 14.4. The summed E-state index contributed by atoms with van der Waals surface area (Å²) in [6.07, 6.45) is 2.29. The molecule has 2 atom stereocenters. The summed E-state index contributed by atoms with van der Waals surface area (Å²) in [6.45, 7) is 5.94. The summed E-state index contributed by atoms with van der Waals surface area (Å²) in [6, 6.07) is 0. The van der Waals surface area contributed by atoms with Crippen molar-refractivity contribution in [1.82, 2.24) is 15.5 Å². The van der Waals surface area contributed by atoms with Crippen LogP contribution in [0, 0.1) is 5.92 Å². The summed E-state index contributed by atoms with van der Waals surface area (Å²) in [4.78, 5) is 26.2. The van der Waals surface area contributed by atoms with Crippen LogP contribution < -0.4 is 10.6 Å². The Hall–Kier alpha value is -1.14. The molecule has 0 bridgehead atoms. The first-order valence-corrected chi connectivity index (χ1v) is 7.61. The highest BCUT2D eigenvalue weighted by molar-refractivity contribution is 5.83. The summed E-state index contributed by atoms with van der Waals surface area (Å²) in [5, 5.41) is 6.09. The number of ether oxygens (including phenoxy) is 1. The van der Waals surface area contributed by atoms with E-state index in [4.69, 9.17) is 4.74 Å². The Balaban J connectivity index is 1.85. The molecular weight excluding hydrogens is 258 g/mol. The van der Waals surface area contributed by atoms with Crippen molar-refractivity contribution in [3.8, 4) is 0 Å². The van der Waals surface area contributed by atoms with Crippen molar-refractivity contribution in [1.29, 1.82) is 0 Å². The van der Waals surface area contributed by atoms with Crippen molar-refractivity contribution in [2.45, 2.75) is 32.3 Å². The number of rotatable bonds is 4. The summed E-state index contributed by atoms with van der Waals surface area (Å²) in [7, 11) is 0. The molecule has 0 aromatic rings. The van der Waals surface area contributed by atoms with Crippen molar-refractivity contribution in [2.24, 2.45) is 5.92 Å². The highest BCUT2D eigenvalue weighted by Crippen LogP contribution is 2.18. The van der Waals surface area contributed by atoms with E-state index in [1.165, 1.54) is 0 Å². The molecule has 2 aliphatic heterocycles. The lowest BCUT2D eigenvalue weighted by Crippen LogP contribution is -2.53. The third-order valence-corrected chi connectivity index (χ3v) is 3.86. The van der Waals surface area contributed by atoms with Crippen molar-refractivity contribution in [2.75, 3.05) is 39.3 Å². The highest BCUT2D eigenvalue weighted by atomic mass is 16.5. The summed E-state index contributed by atoms with van der Waals surface area (Å²) < 4.78 is 5.50. The minimum atomic E-state index is -0.388. The number of morpholine rings is 1. The maximum Gasteiger partial charge on any atom is 0.253 e. The molecule has 0 saturated carbocycles. The smallest absolute Gasteiger partial charge is 0.253 e. The molecule has 6 heteroatoms. The zero-order valence-corrected chi connectivity index (χ0v) is 12.2. The van der Waals surface area contributed by atoms with E-state index in [0.29, 0.717) is 26.2 Å². The van der Waals surface area contributed by atoms with Gasteiger partial charge in [0, 0.05) is 32.7 Å². The monoisotopic (exact) mass is 283 g/mol. The fraction of sp³-hybridized carbons (Fsp3) is 0.857. The Morgan fingerprint density at radius 3 is 3.00 bits per heavy atom. The van der Waals surface area contributed by atoms with Gasteiger partial charge in [-0.2, -0.15) is 0 Å². The second-order valence-corrected chi connectivity index (χ2v) is 5.48. The minimum absolute atomic E-state index is 0.0187. The van der Waals surface area contributed by atoms with Gasteiger partial charge in [-0.3, -0.25) is 9.59 Å². The number of carbonyl (C=O) groups is 2. The van der Waals surface area contributed by atoms with E-state index in [0.717, 1.165) is 32.4 Å². The van der Waals surface area contributed by atoms with Crippen LogP contribution in [0.3, 0.4) is 0 Å². The lowest BCUT2D eigenvalue weighted by atomic mass is 9.96. The molecule has 6 nitrogen and oxygen atoms in total. The molecule has 2 aliphatic rings. The Morgan fingerprint density at radius 1 is 1.45 bits per heavy atom. The van der Waals surface area contributed by atoms with E-state index in [-0.39, 0.29) is 23.8 Å². The quantitative estimate of drug-likeness (QED) is 0.746. The molecule has 0 radical (unpaired) electrons. The van der Waals surface area contributed by atoms with Gasteiger partial charge in [0.2, 0.25) is 5.91 Å². The van der Waals surface area contributed by atoms with Crippen LogP contribution in [-0.2, 0) is 14.3 Å². The number of carbonyl (C=O) groups excluding carboxylic acids is 2. The molecule has 2 N–H and O–H groups in total. The lowest BCUT2D eigenvalue weighted by molar-refractivity contribution is -0.148. The third-order valence-electron chi connectivity index (χ3n) is 3.86. The number of hydrogen-bond acceptors (Lipinski definition) is 4. The van der Waals surface area contributed by atoms with Crippen molar-refractivity contribution in [3.05, 3.63) is 0 Å². The molecule has 0 spiro atoms. The van der Waals surface area contributed by atoms with Gasteiger partial charge in [-0.15, -0.1) is 0 Å². The number of nitrogens with one attached hydrogen (secondary N) is 2. The maximum atomic E-state index is 12.4. The number of hydrogen-bond donors (Lipinski definition) is 2. The topological polar surface area (TPSA) is 70.7 Å². The van der Waals surface area contributed by atoms with Gasteiger partial charge < -0.3 is 20.3 Å². The average molecular weight is 283 g/mol. The predicted molar refractivity (Wildman–Crippen MR) is 75.2 cm³/mol. The normalized spacial score (nSPS) is 27.1. The molecule has 2 rings (SSSR count). The number of likely N-dealkylation sites (tertiary alicyclic amines) is 1. The van der Waals surface area contributed by atoms with E-state index in [9.17, 15) is 9.59 Å². The summed E-state index contributed by atoms with van der Waals surface area (Å²) >= 11 is 0. The standard InChI is InChI=1S/C14H25N3O3/c1-2-5-16-13(18)11-4-3-7-17(10-11)14(19)12-9-15-6-8-20-12/h11-12,15H,2-10H2,1H3,(H,16,18). The van der Waals surface area contributed by atoms with Gasteiger partial charge in [-0.25, -0.2) is 0 Å². The van der Waals surface area contributed by atoms with Gasteiger partial charge in [0.1, 0.15) is 6.10 Å². The van der Waals surface area contributed by atoms with Crippen LogP contribution in [0.15, 0.2) is 0 Å². The van der Waals surface area contributed by atoms with E-state index < -0.39 is 0 Å². The van der Waals surface area contributed by atoms with Crippen molar-refractivity contribution < 1.29 is 14.3 Å². The summed E-state index contributed by atoms with van der Waals surface area (Å²) in [5.41, 5.74) is 0. The van der Waals surface area contributed by atoms with E-state index in [1.54, 1.807) is 4.90 Å². The second-order valence-electron chi connectivity index (χ2n) is 5.48. The van der Waals surface area contributed by atoms with E-state index >= 15 is 0 Å². The number of nitrogens with zero attached hydrogens (tertiary/aromatic N) is 1. The Kier molecular flexibility index (Phi) is 5.79. The molecule has 0 aromatic carbocycles. The first-order valence-electron chi connectivity index (χ1n) is 7.61. The SMILES string of the molecule is CCCNC(=O)C1CCCN(C(=O)C2CNCCO2)C1. The molecule has 2 heterocycles. The van der Waals surface area contributed by atoms with Crippen LogP contribution in [0.1, 0.15) is 26.2 Å². The molecule has 2 unspecified atom stereocenters. The molecule has 0 aromatic heterocycles. The van der Waals surface area contributed by atoms with Gasteiger partial charge in [0.05, 0.1) is 12.5 Å². The Bertz CT molecular complexity index is 343. The third kappa shape index (κ3) is 3.93. The molecule has 2 saturated heterocycles. The van der Waals surface area contributed by atoms with Gasteiger partial charge in [-0.1, -0.05) is 6.92 Å². The van der Waals surface area contributed by atoms with Gasteiger partial charge in [0.25, 0.3) is 5.91 Å². The molecule has 2 amide bonds. The summed E-state index contributed by atoms with van der Waals surface area (Å²) in [5.74, 6) is 0.0213. The lowest BCUT2D eigenvalue weighted by Gasteiger charge is -2.35. The number of amides is 2. The second kappa shape index (κ2) is 7.59. The highest BCUT2D eigenvalue weighted by Gasteiger charge is 2.32. The van der Waals surface area contributed by atoms with Crippen LogP contribution >= 0.6 is 0 Å². The van der Waals surface area contributed by atoms with Crippen LogP contribution in [-0.4, -0.2) is 62.1 Å². The van der Waals surface area contributed by atoms with Crippen molar-refractivity contribution >= 4 is 11.8 Å². The van der Waals surface area contributed by atoms with E-state index in [1.807, 2.05) is 6.92 Å². The van der Waals surface area contributed by atoms with E-state index in [2.05, 4.69) is 10.6 Å². The van der Waals surface area contributed by atoms with Gasteiger partial charge >= 0.3 is 0 Å². The average Bonchev–Trinajstić information content (AvgIpc) is 2.52.